The minimum Gasteiger partial charge on any atom is -0.450 e. The largest absolute Gasteiger partial charge is 0.450 e. The summed E-state index contributed by atoms with van der Waals surface area (Å²) in [5, 5.41) is 10.5. The molecule has 0 bridgehead atoms. The van der Waals surface area contributed by atoms with E-state index in [-0.39, 0.29) is 40.6 Å². The fourth-order valence-corrected chi connectivity index (χ4v) is 5.11. The summed E-state index contributed by atoms with van der Waals surface area (Å²) in [6.07, 6.45) is 1.79. The van der Waals surface area contributed by atoms with Gasteiger partial charge in [-0.2, -0.15) is 23.3 Å². The van der Waals surface area contributed by atoms with E-state index in [2.05, 4.69) is 30.7 Å². The van der Waals surface area contributed by atoms with E-state index in [1.807, 2.05) is 4.90 Å². The van der Waals surface area contributed by atoms with Gasteiger partial charge >= 0.3 is 6.18 Å². The van der Waals surface area contributed by atoms with Crippen LogP contribution in [0.1, 0.15) is 11.1 Å². The molecule has 0 unspecified atom stereocenters. The number of nitrogens with one attached hydrogen (secondary N) is 2. The Morgan fingerprint density at radius 2 is 1.93 bits per heavy atom. The van der Waals surface area contributed by atoms with Crippen molar-refractivity contribution in [2.75, 3.05) is 37.9 Å². The Kier molecular flexibility index (Phi) is 6.83. The highest BCUT2D eigenvalue weighted by molar-refractivity contribution is 6.36. The third-order valence-electron chi connectivity index (χ3n) is 6.98. The number of benzene rings is 1. The van der Waals surface area contributed by atoms with Crippen LogP contribution in [-0.4, -0.2) is 67.4 Å². The Morgan fingerprint density at radius 1 is 1.12 bits per heavy atom. The molecule has 6 rings (SSSR count). The molecule has 0 radical (unpaired) electrons. The van der Waals surface area contributed by atoms with Crippen LogP contribution in [0.25, 0.3) is 16.7 Å². The Balaban J connectivity index is 1.29. The summed E-state index contributed by atoms with van der Waals surface area (Å²) in [6.45, 7) is 1.37. The number of hydrogen-bond donors (Lipinski definition) is 2. The van der Waals surface area contributed by atoms with Crippen LogP contribution in [0, 0.1) is 0 Å². The summed E-state index contributed by atoms with van der Waals surface area (Å²) >= 11 is 6.72. The van der Waals surface area contributed by atoms with Crippen LogP contribution in [0.15, 0.2) is 43.0 Å². The zero-order valence-corrected chi connectivity index (χ0v) is 23.0. The fourth-order valence-electron chi connectivity index (χ4n) is 4.82. The first-order chi connectivity index (χ1) is 19.7. The van der Waals surface area contributed by atoms with Gasteiger partial charge in [-0.05, 0) is 17.7 Å². The minimum atomic E-state index is -4.53. The standard InChI is InChI=1S/C26H25ClF3N9O2/c1-31-23-21-19(10-34-39(21)7-6-32-23)41-18-9-33-24-22(20(18)27)37(2)25(36-24)35-15-5-4-14(17(8-15)26(28,29)30)11-38-12-16(13-38)40-3/h4-10,16H,11-13H2,1-3H3,(H,31,32)(H,33,35,36). The normalized spacial score (nSPS) is 14.5. The molecule has 1 aliphatic heterocycles. The highest BCUT2D eigenvalue weighted by Crippen LogP contribution is 2.39. The van der Waals surface area contributed by atoms with E-state index in [1.165, 1.54) is 18.5 Å². The van der Waals surface area contributed by atoms with Gasteiger partial charge in [-0.25, -0.2) is 14.5 Å². The predicted molar refractivity (Wildman–Crippen MR) is 147 cm³/mol. The van der Waals surface area contributed by atoms with E-state index in [0.29, 0.717) is 41.3 Å². The van der Waals surface area contributed by atoms with Crippen LogP contribution in [0.5, 0.6) is 11.5 Å². The van der Waals surface area contributed by atoms with E-state index < -0.39 is 11.7 Å². The van der Waals surface area contributed by atoms with Gasteiger partial charge in [0.1, 0.15) is 10.5 Å². The summed E-state index contributed by atoms with van der Waals surface area (Å²) in [4.78, 5) is 15.0. The zero-order valence-electron chi connectivity index (χ0n) is 22.2. The second-order valence-electron chi connectivity index (χ2n) is 9.58. The molecule has 0 aliphatic carbocycles. The summed E-state index contributed by atoms with van der Waals surface area (Å²) in [5.41, 5.74) is 1.05. The molecule has 0 atom stereocenters. The van der Waals surface area contributed by atoms with Gasteiger partial charge in [-0.1, -0.05) is 17.7 Å². The van der Waals surface area contributed by atoms with Crippen molar-refractivity contribution in [1.82, 2.24) is 34.0 Å². The van der Waals surface area contributed by atoms with Gasteiger partial charge in [0.15, 0.2) is 28.5 Å². The lowest BCUT2D eigenvalue weighted by Gasteiger charge is -2.38. The maximum Gasteiger partial charge on any atom is 0.416 e. The van der Waals surface area contributed by atoms with Crippen molar-refractivity contribution in [2.24, 2.45) is 7.05 Å². The van der Waals surface area contributed by atoms with Crippen LogP contribution >= 0.6 is 11.6 Å². The number of aromatic nitrogens is 6. The number of aryl methyl sites for hydroxylation is 1. The van der Waals surface area contributed by atoms with Crippen molar-refractivity contribution >= 4 is 45.7 Å². The average Bonchev–Trinajstić information content (AvgIpc) is 3.48. The Morgan fingerprint density at radius 3 is 2.66 bits per heavy atom. The maximum atomic E-state index is 14.0. The lowest BCUT2D eigenvalue weighted by atomic mass is 10.0. The highest BCUT2D eigenvalue weighted by Gasteiger charge is 2.35. The fraction of sp³-hybridized carbons (Fsp3) is 0.308. The van der Waals surface area contributed by atoms with E-state index in [4.69, 9.17) is 21.1 Å². The Bertz CT molecular complexity index is 1750. The average molecular weight is 588 g/mol. The second kappa shape index (κ2) is 10.4. The van der Waals surface area contributed by atoms with Crippen LogP contribution < -0.4 is 15.4 Å². The number of alkyl halides is 3. The molecule has 15 heteroatoms. The topological polar surface area (TPSA) is 107 Å². The maximum absolute atomic E-state index is 14.0. The number of ether oxygens (including phenoxy) is 2. The smallest absolute Gasteiger partial charge is 0.416 e. The molecule has 5 aromatic rings. The molecule has 1 aliphatic rings. The molecule has 41 heavy (non-hydrogen) atoms. The monoisotopic (exact) mass is 587 g/mol. The minimum absolute atomic E-state index is 0.0524. The van der Waals surface area contributed by atoms with E-state index in [0.717, 1.165) is 6.07 Å². The van der Waals surface area contributed by atoms with Gasteiger partial charge in [-0.15, -0.1) is 0 Å². The van der Waals surface area contributed by atoms with Gasteiger partial charge in [-0.3, -0.25) is 4.90 Å². The van der Waals surface area contributed by atoms with Crippen LogP contribution in [0.3, 0.4) is 0 Å². The Hall–Kier alpha value is -4.14. The summed E-state index contributed by atoms with van der Waals surface area (Å²) in [5.74, 6) is 1.47. The summed E-state index contributed by atoms with van der Waals surface area (Å²) in [7, 11) is 5.02. The number of rotatable bonds is 8. The van der Waals surface area contributed by atoms with E-state index in [1.54, 1.807) is 48.7 Å². The quantitative estimate of drug-likeness (QED) is 0.257. The number of fused-ring (bicyclic) bond motifs is 2. The summed E-state index contributed by atoms with van der Waals surface area (Å²) in [6, 6.07) is 4.17. The third kappa shape index (κ3) is 4.98. The number of halogens is 4. The number of nitrogens with zero attached hydrogens (tertiary/aromatic N) is 7. The van der Waals surface area contributed by atoms with Crippen molar-refractivity contribution in [3.63, 3.8) is 0 Å². The van der Waals surface area contributed by atoms with Gasteiger partial charge in [0.2, 0.25) is 5.95 Å². The molecule has 214 valence electrons. The van der Waals surface area contributed by atoms with E-state index in [9.17, 15) is 13.2 Å². The molecular formula is C26H25ClF3N9O2. The Labute approximate surface area is 236 Å². The van der Waals surface area contributed by atoms with Crippen LogP contribution in [0.4, 0.5) is 30.6 Å². The van der Waals surface area contributed by atoms with Crippen LogP contribution in [0.2, 0.25) is 5.02 Å². The number of likely N-dealkylation sites (tertiary alicyclic amines) is 1. The molecule has 0 amide bonds. The second-order valence-corrected chi connectivity index (χ2v) is 9.96. The molecule has 2 N–H and O–H groups in total. The summed E-state index contributed by atoms with van der Waals surface area (Å²) < 4.78 is 56.5. The third-order valence-corrected chi connectivity index (χ3v) is 7.35. The number of pyridine rings is 1. The molecule has 5 heterocycles. The molecule has 1 aromatic carbocycles. The number of methoxy groups -OCH3 is 1. The molecule has 4 aromatic heterocycles. The highest BCUT2D eigenvalue weighted by atomic mass is 35.5. The van der Waals surface area contributed by atoms with Gasteiger partial charge in [0.05, 0.1) is 24.1 Å². The SMILES string of the molecule is CNc1nccn2ncc(Oc3cnc4nc(Nc5ccc(CN6CC(OC)C6)c(C(F)(F)F)c5)n(C)c4c3Cl)c12. The van der Waals surface area contributed by atoms with Gasteiger partial charge in [0.25, 0.3) is 0 Å². The first kappa shape index (κ1) is 27.1. The molecule has 1 fully saturated rings. The molecular weight excluding hydrogens is 563 g/mol. The number of anilines is 3. The number of hydrogen-bond acceptors (Lipinski definition) is 9. The molecule has 1 saturated heterocycles. The van der Waals surface area contributed by atoms with E-state index >= 15 is 0 Å². The zero-order chi connectivity index (χ0) is 28.9. The lowest BCUT2D eigenvalue weighted by Crippen LogP contribution is -2.51. The first-order valence-electron chi connectivity index (χ1n) is 12.6. The van der Waals surface area contributed by atoms with Crippen molar-refractivity contribution in [3.8, 4) is 11.5 Å². The van der Waals surface area contributed by atoms with Crippen molar-refractivity contribution in [1.29, 1.82) is 0 Å². The van der Waals surface area contributed by atoms with Crippen molar-refractivity contribution < 1.29 is 22.6 Å². The van der Waals surface area contributed by atoms with Crippen molar-refractivity contribution in [2.45, 2.75) is 18.8 Å². The molecule has 11 nitrogen and oxygen atoms in total. The van der Waals surface area contributed by atoms with Crippen molar-refractivity contribution in [3.05, 3.63) is 59.1 Å². The lowest BCUT2D eigenvalue weighted by molar-refractivity contribution is -0.138. The van der Waals surface area contributed by atoms with Gasteiger partial charge < -0.3 is 24.7 Å². The first-order valence-corrected chi connectivity index (χ1v) is 12.9. The predicted octanol–water partition coefficient (Wildman–Crippen LogP) is 5.09. The molecule has 0 spiro atoms. The van der Waals surface area contributed by atoms with Gasteiger partial charge in [0, 0.05) is 58.9 Å². The van der Waals surface area contributed by atoms with Crippen LogP contribution in [-0.2, 0) is 24.5 Å². The molecule has 0 saturated carbocycles. The number of imidazole rings is 1.